The molecule has 1 atom stereocenters. The Hall–Kier alpha value is -3.62. The molecule has 0 spiro atoms. The van der Waals surface area contributed by atoms with Gasteiger partial charge in [-0.25, -0.2) is 4.79 Å². The summed E-state index contributed by atoms with van der Waals surface area (Å²) >= 11 is 0. The molecule has 0 radical (unpaired) electrons. The first kappa shape index (κ1) is 27.6. The standard InChI is InChI=1S/C26H35N3O6/c1-6-27(7-2)26(32)28(17-18(4)5)23-16-20(11-14-24(23)35-8-3)22(25(30)31)15-19-9-12-21(13-10-19)29(33)34/h9-14,16,18,22H,6-8,15,17H2,1-5H3,(H,30,31). The van der Waals surface area contributed by atoms with E-state index in [1.807, 2.05) is 34.6 Å². The van der Waals surface area contributed by atoms with Crippen LogP contribution in [-0.4, -0.2) is 53.2 Å². The third kappa shape index (κ3) is 7.18. The van der Waals surface area contributed by atoms with Crippen LogP contribution in [0.25, 0.3) is 0 Å². The molecule has 2 aromatic carbocycles. The van der Waals surface area contributed by atoms with Gasteiger partial charge in [0.1, 0.15) is 5.75 Å². The van der Waals surface area contributed by atoms with Gasteiger partial charge < -0.3 is 14.7 Å². The lowest BCUT2D eigenvalue weighted by Crippen LogP contribution is -2.45. The van der Waals surface area contributed by atoms with Gasteiger partial charge in [0.05, 0.1) is 23.1 Å². The number of carbonyl (C=O) groups excluding carboxylic acids is 1. The van der Waals surface area contributed by atoms with Crippen LogP contribution in [0.2, 0.25) is 0 Å². The summed E-state index contributed by atoms with van der Waals surface area (Å²) in [5, 5.41) is 21.0. The molecule has 2 aromatic rings. The highest BCUT2D eigenvalue weighted by molar-refractivity contribution is 5.94. The first-order valence-corrected chi connectivity index (χ1v) is 11.9. The first-order valence-electron chi connectivity index (χ1n) is 11.9. The number of carbonyl (C=O) groups is 2. The number of aliphatic carboxylic acids is 1. The lowest BCUT2D eigenvalue weighted by molar-refractivity contribution is -0.384. The molecular formula is C26H35N3O6. The highest BCUT2D eigenvalue weighted by Gasteiger charge is 2.27. The van der Waals surface area contributed by atoms with Gasteiger partial charge in [0.25, 0.3) is 5.69 Å². The quantitative estimate of drug-likeness (QED) is 0.321. The van der Waals surface area contributed by atoms with Gasteiger partial charge in [0.2, 0.25) is 0 Å². The van der Waals surface area contributed by atoms with Gasteiger partial charge in [-0.3, -0.25) is 19.8 Å². The Kier molecular flexibility index (Phi) is 10.1. The number of anilines is 1. The van der Waals surface area contributed by atoms with E-state index < -0.39 is 16.8 Å². The number of hydrogen-bond acceptors (Lipinski definition) is 5. The minimum absolute atomic E-state index is 0.0526. The molecule has 0 aliphatic rings. The maximum atomic E-state index is 13.4. The van der Waals surface area contributed by atoms with Crippen molar-refractivity contribution in [1.82, 2.24) is 4.90 Å². The van der Waals surface area contributed by atoms with Crippen LogP contribution < -0.4 is 9.64 Å². The van der Waals surface area contributed by atoms with E-state index in [9.17, 15) is 24.8 Å². The average molecular weight is 486 g/mol. The molecule has 0 fully saturated rings. The molecule has 0 heterocycles. The predicted octanol–water partition coefficient (Wildman–Crippen LogP) is 5.33. The predicted molar refractivity (Wildman–Crippen MR) is 135 cm³/mol. The fourth-order valence-electron chi connectivity index (χ4n) is 3.89. The Morgan fingerprint density at radius 3 is 2.17 bits per heavy atom. The second-order valence-electron chi connectivity index (χ2n) is 8.64. The Bertz CT molecular complexity index is 1020. The monoisotopic (exact) mass is 485 g/mol. The largest absolute Gasteiger partial charge is 0.492 e. The summed E-state index contributed by atoms with van der Waals surface area (Å²) in [5.74, 6) is -1.25. The number of nitrogens with zero attached hydrogens (tertiary/aromatic N) is 3. The van der Waals surface area contributed by atoms with Crippen LogP contribution in [0.4, 0.5) is 16.2 Å². The van der Waals surface area contributed by atoms with Gasteiger partial charge in [-0.15, -0.1) is 0 Å². The minimum Gasteiger partial charge on any atom is -0.492 e. The van der Waals surface area contributed by atoms with Crippen molar-refractivity contribution in [3.63, 3.8) is 0 Å². The number of carboxylic acids is 1. The maximum absolute atomic E-state index is 13.4. The highest BCUT2D eigenvalue weighted by atomic mass is 16.6. The number of nitro benzene ring substituents is 1. The molecule has 35 heavy (non-hydrogen) atoms. The first-order chi connectivity index (χ1) is 16.6. The number of nitro groups is 1. The zero-order valence-corrected chi connectivity index (χ0v) is 21.1. The topological polar surface area (TPSA) is 113 Å². The van der Waals surface area contributed by atoms with E-state index in [1.165, 1.54) is 12.1 Å². The molecule has 9 nitrogen and oxygen atoms in total. The molecule has 0 saturated carbocycles. The van der Waals surface area contributed by atoms with Gasteiger partial charge in [0.15, 0.2) is 0 Å². The lowest BCUT2D eigenvalue weighted by atomic mass is 9.91. The zero-order chi connectivity index (χ0) is 26.1. The number of ether oxygens (including phenoxy) is 1. The molecule has 0 aliphatic heterocycles. The van der Waals surface area contributed by atoms with Crippen molar-refractivity contribution in [3.05, 3.63) is 63.7 Å². The average Bonchev–Trinajstić information content (AvgIpc) is 2.82. The van der Waals surface area contributed by atoms with Gasteiger partial charge in [-0.1, -0.05) is 32.0 Å². The molecule has 2 rings (SSSR count). The van der Waals surface area contributed by atoms with E-state index in [0.717, 1.165) is 0 Å². The summed E-state index contributed by atoms with van der Waals surface area (Å²) in [6, 6.07) is 10.8. The van der Waals surface area contributed by atoms with Crippen LogP contribution in [0.3, 0.4) is 0 Å². The Balaban J connectivity index is 2.54. The second kappa shape index (κ2) is 12.7. The SMILES string of the molecule is CCOc1ccc(C(Cc2ccc([N+](=O)[O-])cc2)C(=O)O)cc1N(CC(C)C)C(=O)N(CC)CC. The zero-order valence-electron chi connectivity index (χ0n) is 21.1. The number of rotatable bonds is 12. The van der Waals surface area contributed by atoms with E-state index in [2.05, 4.69) is 0 Å². The number of hydrogen-bond donors (Lipinski definition) is 1. The summed E-state index contributed by atoms with van der Waals surface area (Å²) in [6.45, 7) is 11.6. The van der Waals surface area contributed by atoms with E-state index in [4.69, 9.17) is 4.74 Å². The molecule has 0 bridgehead atoms. The fourth-order valence-corrected chi connectivity index (χ4v) is 3.89. The van der Waals surface area contributed by atoms with Crippen LogP contribution in [-0.2, 0) is 11.2 Å². The number of amides is 2. The maximum Gasteiger partial charge on any atom is 0.324 e. The third-order valence-electron chi connectivity index (χ3n) is 5.67. The van der Waals surface area contributed by atoms with Crippen molar-refractivity contribution >= 4 is 23.4 Å². The van der Waals surface area contributed by atoms with Crippen LogP contribution in [0.1, 0.15) is 51.7 Å². The molecule has 0 aromatic heterocycles. The van der Waals surface area contributed by atoms with Crippen LogP contribution in [0.15, 0.2) is 42.5 Å². The number of benzene rings is 2. The molecule has 0 aliphatic carbocycles. The van der Waals surface area contributed by atoms with Crippen LogP contribution in [0, 0.1) is 16.0 Å². The minimum atomic E-state index is -1.02. The third-order valence-corrected chi connectivity index (χ3v) is 5.67. The van der Waals surface area contributed by atoms with Gasteiger partial charge in [-0.05, 0) is 56.4 Å². The second-order valence-corrected chi connectivity index (χ2v) is 8.64. The van der Waals surface area contributed by atoms with Crippen molar-refractivity contribution in [2.24, 2.45) is 5.92 Å². The van der Waals surface area contributed by atoms with Gasteiger partial charge >= 0.3 is 12.0 Å². The summed E-state index contributed by atoms with van der Waals surface area (Å²) in [5.41, 5.74) is 1.67. The van der Waals surface area contributed by atoms with Crippen molar-refractivity contribution in [2.45, 2.75) is 47.0 Å². The van der Waals surface area contributed by atoms with Crippen molar-refractivity contribution in [3.8, 4) is 5.75 Å². The van der Waals surface area contributed by atoms with Crippen molar-refractivity contribution in [1.29, 1.82) is 0 Å². The van der Waals surface area contributed by atoms with E-state index in [0.29, 0.717) is 48.8 Å². The normalized spacial score (nSPS) is 11.7. The highest BCUT2D eigenvalue weighted by Crippen LogP contribution is 2.35. The van der Waals surface area contributed by atoms with Crippen molar-refractivity contribution in [2.75, 3.05) is 31.1 Å². The Labute approximate surface area is 206 Å². The lowest BCUT2D eigenvalue weighted by Gasteiger charge is -2.32. The van der Waals surface area contributed by atoms with E-state index in [-0.39, 0.29) is 24.1 Å². The van der Waals surface area contributed by atoms with E-state index >= 15 is 0 Å². The summed E-state index contributed by atoms with van der Waals surface area (Å²) in [6.07, 6.45) is 0.148. The molecule has 2 amide bonds. The van der Waals surface area contributed by atoms with Gasteiger partial charge in [-0.2, -0.15) is 0 Å². The molecule has 1 N–H and O–H groups in total. The van der Waals surface area contributed by atoms with Crippen LogP contribution >= 0.6 is 0 Å². The van der Waals surface area contributed by atoms with Gasteiger partial charge in [0, 0.05) is 31.8 Å². The molecule has 9 heteroatoms. The summed E-state index contributed by atoms with van der Waals surface area (Å²) < 4.78 is 5.82. The van der Waals surface area contributed by atoms with Crippen molar-refractivity contribution < 1.29 is 24.4 Å². The number of carboxylic acid groups (broad SMARTS) is 1. The summed E-state index contributed by atoms with van der Waals surface area (Å²) in [7, 11) is 0. The molecule has 0 saturated heterocycles. The van der Waals surface area contributed by atoms with E-state index in [1.54, 1.807) is 40.1 Å². The smallest absolute Gasteiger partial charge is 0.324 e. The Morgan fingerprint density at radius 2 is 1.69 bits per heavy atom. The number of non-ortho nitro benzene ring substituents is 1. The molecule has 1 unspecified atom stereocenters. The fraction of sp³-hybridized carbons (Fsp3) is 0.462. The number of urea groups is 1. The van der Waals surface area contributed by atoms with Crippen LogP contribution in [0.5, 0.6) is 5.75 Å². The molecular weight excluding hydrogens is 450 g/mol. The molecule has 190 valence electrons. The summed E-state index contributed by atoms with van der Waals surface area (Å²) in [4.78, 5) is 39.5. The Morgan fingerprint density at radius 1 is 1.06 bits per heavy atom.